The van der Waals surface area contributed by atoms with Crippen LogP contribution in [-0.4, -0.2) is 169 Å². The quantitative estimate of drug-likeness (QED) is 0.150. The van der Waals surface area contributed by atoms with E-state index >= 15 is 0 Å². The first kappa shape index (κ1) is 68.5. The van der Waals surface area contributed by atoms with Crippen LogP contribution in [-0.2, 0) is 71.2 Å². The number of aliphatic hydroxyl groups is 4. The molecule has 4 N–H and O–H groups in total. The third kappa shape index (κ3) is 15.9. The second-order valence-electron chi connectivity index (χ2n) is 23.9. The van der Waals surface area contributed by atoms with Crippen molar-refractivity contribution in [3.63, 3.8) is 0 Å². The van der Waals surface area contributed by atoms with Crippen LogP contribution in [0, 0.1) is 0 Å². The second kappa shape index (κ2) is 25.7. The number of rotatable bonds is 10. The first-order valence-corrected chi connectivity index (χ1v) is 28.6. The molecule has 0 aromatic carbocycles. The van der Waals surface area contributed by atoms with Crippen molar-refractivity contribution >= 4 is 34.8 Å². The maximum atomic E-state index is 11.4. The second-order valence-corrected chi connectivity index (χ2v) is 24.8. The Morgan fingerprint density at radius 1 is 0.625 bits per heavy atom. The molecular weight excluding hydrogens is 1080 g/mol. The Kier molecular flexibility index (Phi) is 22.0. The Morgan fingerprint density at radius 2 is 1.12 bits per heavy atom. The molecule has 0 saturated carbocycles. The van der Waals surface area contributed by atoms with E-state index in [1.807, 2.05) is 96.1 Å². The van der Waals surface area contributed by atoms with Gasteiger partial charge in [-0.05, 0) is 115 Å². The zero-order chi connectivity index (χ0) is 60.6. The van der Waals surface area contributed by atoms with Gasteiger partial charge >= 0.3 is 0 Å². The number of ether oxygens (including phenoxy) is 13. The number of halogens is 2. The third-order valence-corrected chi connectivity index (χ3v) is 15.5. The van der Waals surface area contributed by atoms with Gasteiger partial charge in [-0.3, -0.25) is 9.59 Å². The fourth-order valence-corrected chi connectivity index (χ4v) is 11.3. The molecule has 0 bridgehead atoms. The molecule has 456 valence electrons. The molecule has 10 rings (SSSR count). The van der Waals surface area contributed by atoms with Gasteiger partial charge in [0, 0.05) is 17.5 Å². The summed E-state index contributed by atoms with van der Waals surface area (Å²) < 4.78 is 71.9. The van der Waals surface area contributed by atoms with Crippen molar-refractivity contribution in [2.24, 2.45) is 0 Å². The van der Waals surface area contributed by atoms with Crippen LogP contribution in [0.1, 0.15) is 150 Å². The maximum absolute atomic E-state index is 11.4. The zero-order valence-electron chi connectivity index (χ0n) is 49.9. The van der Waals surface area contributed by atoms with Gasteiger partial charge in [0.25, 0.3) is 0 Å². The highest BCUT2D eigenvalue weighted by Crippen LogP contribution is 2.46. The molecule has 80 heavy (non-hydrogen) atoms. The number of fused-ring (bicyclic) bond motifs is 4. The molecule has 1 unspecified atom stereocenters. The summed E-state index contributed by atoms with van der Waals surface area (Å²) in [5.74, 6) is -3.90. The fourth-order valence-electron chi connectivity index (χ4n) is 10.7. The number of Topliss-reactive ketones (excluding diaryl/α,β-unsaturated/α-hetero) is 1. The van der Waals surface area contributed by atoms with E-state index < -0.39 is 76.1 Å². The van der Waals surface area contributed by atoms with Crippen molar-refractivity contribution in [3.8, 4) is 0 Å². The predicted octanol–water partition coefficient (Wildman–Crippen LogP) is 8.54. The summed E-state index contributed by atoms with van der Waals surface area (Å²) in [4.78, 5) is 22.6. The Labute approximate surface area is 483 Å². The van der Waals surface area contributed by atoms with Crippen molar-refractivity contribution in [2.75, 3.05) is 0 Å². The molecule has 0 amide bonds. The van der Waals surface area contributed by atoms with E-state index in [0.717, 1.165) is 6.42 Å². The van der Waals surface area contributed by atoms with Gasteiger partial charge in [-0.25, -0.2) is 0 Å². The van der Waals surface area contributed by atoms with Crippen molar-refractivity contribution in [3.05, 3.63) is 72.3 Å². The number of ketones is 2. The lowest BCUT2D eigenvalue weighted by atomic mass is 9.90. The third-order valence-electron chi connectivity index (χ3n) is 14.8. The van der Waals surface area contributed by atoms with Crippen molar-refractivity contribution in [1.82, 2.24) is 0 Å². The smallest absolute Gasteiger partial charge is 0.188 e. The standard InChI is InChI=1S/C12H20O3.C10H15ClO3.2C10H16O3.C9H16O4.C8H9ClO3/c1-6-9-10(12(13,7-2)8-3)15-11(4,5)14-9;1-4-10(12)5-6(11)7-8(10)14-9(2,3)13-7;1-4-10(11)6-5-7-8(10)13-9(2,3)12-7;1-5-7(11)9-8(6-2)12-10(3,4)13-9;1-4-5-6-7(8(10)11-5)13-9(2,3)12-6;1-8(2)11-6-4(9)3-5(10)7(6)12-8/h6-7,9-10,13H,1-2,8H2,3-5H3;5,7-8,12H,4H2,1-3H3;5-8,11H,4H2,1-3H3;6,8-9H,2,5H2,1,3-4H3;5-8,10H,4H2,1-3H3;3,6-7H,1-2H3/t9-,10-,12+;2*7-,8-,10-;8-,9+;5-,6-,7-,8?;6-,7+/m000010/s1. The first-order chi connectivity index (χ1) is 36.8. The van der Waals surface area contributed by atoms with Crippen LogP contribution in [0.3, 0.4) is 0 Å². The summed E-state index contributed by atoms with van der Waals surface area (Å²) in [6.07, 6.45) is 9.82. The molecule has 19 nitrogen and oxygen atoms in total. The van der Waals surface area contributed by atoms with Gasteiger partial charge in [0.15, 0.2) is 58.7 Å². The Bertz CT molecular complexity index is 2300. The van der Waals surface area contributed by atoms with Crippen LogP contribution < -0.4 is 0 Å². The SMILES string of the molecule is C=C[C@@H]1OC(C)(C)O[C@@H]1C(=O)CC.C=C[C@@H]1OC(C)(C)O[C@@H]1[C@@](O)(C=C)CC.CC1(C)O[C@@H]2C(=O)C=C(Cl)[C@@H]2O1.CC[C@H]1OC(O)[C@@H]2OC(C)(C)O[C@H]12.CC[C@]1(O)C=C(Cl)[C@@H]2OC(C)(C)O[C@@H]21.CC[C@]1(O)C=C[C@@H]2OC(C)(C)O[C@@H]21. The van der Waals surface area contributed by atoms with E-state index in [4.69, 9.17) is 84.8 Å². The summed E-state index contributed by atoms with van der Waals surface area (Å²) >= 11 is 11.8. The summed E-state index contributed by atoms with van der Waals surface area (Å²) in [5.41, 5.74) is -2.87. The molecular formula is C59H92Cl2O19. The highest BCUT2D eigenvalue weighted by Gasteiger charge is 2.58. The highest BCUT2D eigenvalue weighted by atomic mass is 35.5. The van der Waals surface area contributed by atoms with Gasteiger partial charge in [-0.2, -0.15) is 0 Å². The minimum Gasteiger partial charge on any atom is -0.383 e. The van der Waals surface area contributed by atoms with Crippen LogP contribution in [0.15, 0.2) is 72.3 Å². The van der Waals surface area contributed by atoms with Crippen LogP contribution >= 0.6 is 23.2 Å². The zero-order valence-corrected chi connectivity index (χ0v) is 51.5. The molecule has 7 heterocycles. The Hall–Kier alpha value is -2.32. The molecule has 0 aromatic rings. The van der Waals surface area contributed by atoms with E-state index in [1.54, 1.807) is 52.0 Å². The van der Waals surface area contributed by atoms with Crippen molar-refractivity contribution < 1.29 is 91.6 Å². The lowest BCUT2D eigenvalue weighted by Crippen LogP contribution is -2.45. The minimum atomic E-state index is -1.06. The molecule has 0 radical (unpaired) electrons. The Balaban J connectivity index is 0.000000177. The summed E-state index contributed by atoms with van der Waals surface area (Å²) in [5, 5.41) is 41.1. The summed E-state index contributed by atoms with van der Waals surface area (Å²) in [6, 6.07) is 0. The van der Waals surface area contributed by atoms with Crippen LogP contribution in [0.5, 0.6) is 0 Å². The molecule has 7 saturated heterocycles. The van der Waals surface area contributed by atoms with Gasteiger partial charge in [-0.1, -0.05) is 88.2 Å². The lowest BCUT2D eigenvalue weighted by Gasteiger charge is -2.31. The van der Waals surface area contributed by atoms with E-state index in [1.165, 1.54) is 12.2 Å². The molecule has 7 aliphatic heterocycles. The summed E-state index contributed by atoms with van der Waals surface area (Å²) in [6.45, 7) is 42.4. The van der Waals surface area contributed by atoms with E-state index in [9.17, 15) is 30.0 Å². The highest BCUT2D eigenvalue weighted by molar-refractivity contribution is 6.33. The van der Waals surface area contributed by atoms with Crippen LogP contribution in [0.2, 0.25) is 0 Å². The number of carbonyl (C=O) groups is 2. The van der Waals surface area contributed by atoms with E-state index in [0.29, 0.717) is 35.7 Å². The summed E-state index contributed by atoms with van der Waals surface area (Å²) in [7, 11) is 0. The molecule has 17 atom stereocenters. The van der Waals surface area contributed by atoms with Gasteiger partial charge < -0.3 is 82.0 Å². The monoisotopic (exact) mass is 1170 g/mol. The van der Waals surface area contributed by atoms with E-state index in [-0.39, 0.29) is 72.6 Å². The number of hydrogen-bond donors (Lipinski definition) is 4. The molecule has 3 aliphatic carbocycles. The number of aliphatic hydroxyl groups excluding tert-OH is 1. The van der Waals surface area contributed by atoms with Gasteiger partial charge in [-0.15, -0.1) is 19.7 Å². The average molecular weight is 1180 g/mol. The normalized spacial score (nSPS) is 40.4. The predicted molar refractivity (Wildman–Crippen MR) is 298 cm³/mol. The fraction of sp³-hybridized carbons (Fsp3) is 0.763. The van der Waals surface area contributed by atoms with Gasteiger partial charge in [0.1, 0.15) is 83.9 Å². The first-order valence-electron chi connectivity index (χ1n) is 27.8. The Morgan fingerprint density at radius 3 is 1.66 bits per heavy atom. The van der Waals surface area contributed by atoms with Crippen LogP contribution in [0.4, 0.5) is 0 Å². The topological polar surface area (TPSA) is 235 Å². The molecule has 21 heteroatoms. The maximum Gasteiger partial charge on any atom is 0.188 e. The minimum absolute atomic E-state index is 0.0400. The molecule has 0 spiro atoms. The average Bonchev–Trinajstić information content (AvgIpc) is 4.29. The molecule has 0 aromatic heterocycles. The number of hydrogen-bond acceptors (Lipinski definition) is 19. The molecule has 10 aliphatic rings. The largest absolute Gasteiger partial charge is 0.383 e. The van der Waals surface area contributed by atoms with Crippen molar-refractivity contribution in [1.29, 1.82) is 0 Å². The molecule has 7 fully saturated rings. The van der Waals surface area contributed by atoms with Crippen LogP contribution in [0.25, 0.3) is 0 Å². The van der Waals surface area contributed by atoms with Crippen molar-refractivity contribution in [2.45, 2.75) is 287 Å². The lowest BCUT2D eigenvalue weighted by molar-refractivity contribution is -0.220. The van der Waals surface area contributed by atoms with E-state index in [2.05, 4.69) is 19.7 Å². The number of carbonyl (C=O) groups excluding carboxylic acids is 2. The van der Waals surface area contributed by atoms with Gasteiger partial charge in [0.05, 0.1) is 11.1 Å². The van der Waals surface area contributed by atoms with Gasteiger partial charge in [0.2, 0.25) is 0 Å².